The van der Waals surface area contributed by atoms with Crippen LogP contribution in [-0.2, 0) is 0 Å². The lowest BCUT2D eigenvalue weighted by Gasteiger charge is -2.28. The van der Waals surface area contributed by atoms with Gasteiger partial charge in [-0.3, -0.25) is 0 Å². The Hall–Kier alpha value is -6.32. The summed E-state index contributed by atoms with van der Waals surface area (Å²) in [6.07, 6.45) is 0. The average molecular weight is 602 g/mol. The Morgan fingerprint density at radius 2 is 1.13 bits per heavy atom. The first-order chi connectivity index (χ1) is 23.3. The fourth-order valence-corrected chi connectivity index (χ4v) is 7.25. The number of hydrogen-bond acceptors (Lipinski definition) is 3. The molecule has 1 aliphatic heterocycles. The Morgan fingerprint density at radius 1 is 0.383 bits per heavy atom. The van der Waals surface area contributed by atoms with Crippen LogP contribution in [0.2, 0.25) is 0 Å². The summed E-state index contributed by atoms with van der Waals surface area (Å²) >= 11 is 0. The van der Waals surface area contributed by atoms with Crippen LogP contribution in [0.5, 0.6) is 11.5 Å². The number of fused-ring (bicyclic) bond motifs is 6. The van der Waals surface area contributed by atoms with Gasteiger partial charge in [0.05, 0.1) is 0 Å². The molecule has 0 saturated heterocycles. The van der Waals surface area contributed by atoms with Gasteiger partial charge in [0.1, 0.15) is 22.7 Å². The van der Waals surface area contributed by atoms with Crippen molar-refractivity contribution >= 4 is 60.5 Å². The van der Waals surface area contributed by atoms with Crippen LogP contribution in [0.25, 0.3) is 65.7 Å². The summed E-state index contributed by atoms with van der Waals surface area (Å²) in [5.74, 6) is 1.72. The summed E-state index contributed by atoms with van der Waals surface area (Å²) in [7, 11) is 0. The number of rotatable bonds is 4. The van der Waals surface area contributed by atoms with Crippen molar-refractivity contribution in [3.8, 4) is 33.8 Å². The van der Waals surface area contributed by atoms with Crippen LogP contribution >= 0.6 is 0 Å². The van der Waals surface area contributed by atoms with E-state index < -0.39 is 0 Å². The topological polar surface area (TPSA) is 25.6 Å². The van der Waals surface area contributed by atoms with Crippen LogP contribution in [0.3, 0.4) is 0 Å². The predicted molar refractivity (Wildman–Crippen MR) is 194 cm³/mol. The number of furan rings is 1. The van der Waals surface area contributed by atoms with Crippen LogP contribution in [0.15, 0.2) is 168 Å². The van der Waals surface area contributed by atoms with Gasteiger partial charge in [0, 0.05) is 44.9 Å². The molecule has 0 atom stereocenters. The van der Waals surface area contributed by atoms with Crippen molar-refractivity contribution in [2.24, 2.45) is 0 Å². The second kappa shape index (κ2) is 10.1. The molecule has 9 aromatic rings. The molecule has 10 rings (SSSR count). The number of hydrogen-bond donors (Lipinski definition) is 0. The van der Waals surface area contributed by atoms with Crippen molar-refractivity contribution in [1.29, 1.82) is 0 Å². The first-order valence-corrected chi connectivity index (χ1v) is 15.9. The number of ether oxygens (including phenoxy) is 1. The lowest BCUT2D eigenvalue weighted by molar-refractivity contribution is 0.487. The lowest BCUT2D eigenvalue weighted by Crippen LogP contribution is -2.10. The molecule has 0 fully saturated rings. The standard InChI is InChI=1S/C44H27NO2/c1-2-11-31(12-3-1)45(32-20-23-41-39(26-32)35-13-6-7-16-40(35)46-41)33-19-21-36-38-15-8-14-37-34(22-24-42(44(37)38)47-43(36)27-33)30-18-17-28-9-4-5-10-29(28)25-30/h1-27H. The first-order valence-electron chi connectivity index (χ1n) is 15.9. The lowest BCUT2D eigenvalue weighted by atomic mass is 9.90. The Morgan fingerprint density at radius 3 is 2.06 bits per heavy atom. The summed E-state index contributed by atoms with van der Waals surface area (Å²) in [6.45, 7) is 0. The monoisotopic (exact) mass is 601 g/mol. The van der Waals surface area contributed by atoms with Gasteiger partial charge in [-0.1, -0.05) is 97.1 Å². The van der Waals surface area contributed by atoms with E-state index in [0.29, 0.717) is 0 Å². The number of nitrogens with zero attached hydrogens (tertiary/aromatic N) is 1. The van der Waals surface area contributed by atoms with Crippen molar-refractivity contribution in [2.45, 2.75) is 0 Å². The first kappa shape index (κ1) is 26.0. The van der Waals surface area contributed by atoms with Crippen LogP contribution < -0.4 is 9.64 Å². The zero-order chi connectivity index (χ0) is 30.9. The molecule has 1 aromatic heterocycles. The van der Waals surface area contributed by atoms with E-state index in [1.54, 1.807) is 0 Å². The zero-order valence-corrected chi connectivity index (χ0v) is 25.4. The Bertz CT molecular complexity index is 2670. The molecule has 47 heavy (non-hydrogen) atoms. The fourth-order valence-electron chi connectivity index (χ4n) is 7.25. The van der Waals surface area contributed by atoms with Crippen LogP contribution in [-0.4, -0.2) is 0 Å². The summed E-state index contributed by atoms with van der Waals surface area (Å²) in [5, 5.41) is 7.03. The molecular formula is C44H27NO2. The number of benzene rings is 8. The fraction of sp³-hybridized carbons (Fsp3) is 0. The minimum Gasteiger partial charge on any atom is -0.456 e. The highest BCUT2D eigenvalue weighted by molar-refractivity contribution is 6.11. The van der Waals surface area contributed by atoms with Gasteiger partial charge in [0.25, 0.3) is 0 Å². The van der Waals surface area contributed by atoms with Gasteiger partial charge in [0.15, 0.2) is 0 Å². The molecule has 220 valence electrons. The van der Waals surface area contributed by atoms with E-state index in [9.17, 15) is 0 Å². The highest BCUT2D eigenvalue weighted by atomic mass is 16.5. The van der Waals surface area contributed by atoms with Crippen LogP contribution in [0.4, 0.5) is 17.1 Å². The maximum Gasteiger partial charge on any atom is 0.137 e. The van der Waals surface area contributed by atoms with Crippen molar-refractivity contribution in [3.05, 3.63) is 164 Å². The van der Waals surface area contributed by atoms with E-state index in [0.717, 1.165) is 61.4 Å². The highest BCUT2D eigenvalue weighted by Crippen LogP contribution is 2.50. The number of para-hydroxylation sites is 2. The summed E-state index contributed by atoms with van der Waals surface area (Å²) in [5.41, 5.74) is 9.59. The van der Waals surface area contributed by atoms with Crippen molar-refractivity contribution in [1.82, 2.24) is 0 Å². The van der Waals surface area contributed by atoms with Gasteiger partial charge in [-0.2, -0.15) is 0 Å². The minimum atomic E-state index is 0.844. The van der Waals surface area contributed by atoms with Gasteiger partial charge in [0.2, 0.25) is 0 Å². The molecule has 8 aromatic carbocycles. The van der Waals surface area contributed by atoms with E-state index in [2.05, 4.69) is 150 Å². The molecule has 3 heteroatoms. The third-order valence-corrected chi connectivity index (χ3v) is 9.43. The molecule has 0 radical (unpaired) electrons. The average Bonchev–Trinajstić information content (AvgIpc) is 3.50. The van der Waals surface area contributed by atoms with Crippen molar-refractivity contribution < 1.29 is 9.15 Å². The second-order valence-electron chi connectivity index (χ2n) is 12.1. The van der Waals surface area contributed by atoms with Gasteiger partial charge >= 0.3 is 0 Å². The van der Waals surface area contributed by atoms with Gasteiger partial charge in [-0.05, 0) is 93.5 Å². The van der Waals surface area contributed by atoms with E-state index >= 15 is 0 Å². The SMILES string of the molecule is c1ccc(N(c2ccc3c(c2)Oc2ccc(-c4ccc5ccccc5c4)c4cccc-3c24)c2ccc3oc4ccccc4c3c2)cc1. The smallest absolute Gasteiger partial charge is 0.137 e. The van der Waals surface area contributed by atoms with Gasteiger partial charge < -0.3 is 14.1 Å². The molecule has 0 aliphatic carbocycles. The molecule has 2 heterocycles. The van der Waals surface area contributed by atoms with E-state index in [-0.39, 0.29) is 0 Å². The number of anilines is 3. The Labute approximate surface area is 271 Å². The largest absolute Gasteiger partial charge is 0.456 e. The third-order valence-electron chi connectivity index (χ3n) is 9.43. The summed E-state index contributed by atoms with van der Waals surface area (Å²) < 4.78 is 12.9. The highest BCUT2D eigenvalue weighted by Gasteiger charge is 2.24. The quantitative estimate of drug-likeness (QED) is 0.201. The zero-order valence-electron chi connectivity index (χ0n) is 25.4. The second-order valence-corrected chi connectivity index (χ2v) is 12.1. The predicted octanol–water partition coefficient (Wildman–Crippen LogP) is 12.8. The maximum absolute atomic E-state index is 6.75. The molecular weight excluding hydrogens is 574 g/mol. The Kier molecular flexibility index (Phi) is 5.57. The molecule has 1 aliphatic rings. The third kappa shape index (κ3) is 4.07. The van der Waals surface area contributed by atoms with Crippen LogP contribution in [0.1, 0.15) is 0 Å². The van der Waals surface area contributed by atoms with Gasteiger partial charge in [-0.15, -0.1) is 0 Å². The molecule has 0 spiro atoms. The minimum absolute atomic E-state index is 0.844. The molecule has 0 amide bonds. The molecule has 0 N–H and O–H groups in total. The van der Waals surface area contributed by atoms with Crippen LogP contribution in [0, 0.1) is 0 Å². The van der Waals surface area contributed by atoms with Crippen molar-refractivity contribution in [3.63, 3.8) is 0 Å². The van der Waals surface area contributed by atoms with E-state index in [4.69, 9.17) is 9.15 Å². The van der Waals surface area contributed by atoms with Gasteiger partial charge in [-0.25, -0.2) is 0 Å². The maximum atomic E-state index is 6.75. The summed E-state index contributed by atoms with van der Waals surface area (Å²) in [4.78, 5) is 2.28. The van der Waals surface area contributed by atoms with E-state index in [1.165, 1.54) is 32.8 Å². The van der Waals surface area contributed by atoms with Crippen molar-refractivity contribution in [2.75, 3.05) is 4.90 Å². The van der Waals surface area contributed by atoms with E-state index in [1.807, 2.05) is 18.2 Å². The molecule has 0 bridgehead atoms. The Balaban J connectivity index is 1.11. The summed E-state index contributed by atoms with van der Waals surface area (Å²) in [6, 6.07) is 57.8. The normalized spacial score (nSPS) is 12.0. The molecule has 0 unspecified atom stereocenters. The molecule has 3 nitrogen and oxygen atoms in total. The molecule has 0 saturated carbocycles.